The Bertz CT molecular complexity index is 798. The Balaban J connectivity index is 1.57. The molecule has 0 atom stereocenters. The molecule has 0 amide bonds. The lowest BCUT2D eigenvalue weighted by atomic mass is 10.1. The van der Waals surface area contributed by atoms with Gasteiger partial charge in [0.25, 0.3) is 0 Å². The predicted octanol–water partition coefficient (Wildman–Crippen LogP) is 4.36. The molecule has 0 aliphatic carbocycles. The van der Waals surface area contributed by atoms with Gasteiger partial charge in [0.2, 0.25) is 5.95 Å². The van der Waals surface area contributed by atoms with Gasteiger partial charge in [-0.15, -0.1) is 0 Å². The van der Waals surface area contributed by atoms with Gasteiger partial charge in [-0.25, -0.2) is 4.98 Å². The van der Waals surface area contributed by atoms with E-state index in [0.29, 0.717) is 5.95 Å². The Kier molecular flexibility index (Phi) is 5.62. The minimum absolute atomic E-state index is 0.669. The predicted molar refractivity (Wildman–Crippen MR) is 104 cm³/mol. The molecule has 4 nitrogen and oxygen atoms in total. The number of anilines is 2. The summed E-state index contributed by atoms with van der Waals surface area (Å²) < 4.78 is 0. The maximum absolute atomic E-state index is 4.56. The Hall–Kier alpha value is -2.88. The van der Waals surface area contributed by atoms with E-state index in [0.717, 1.165) is 31.0 Å². The van der Waals surface area contributed by atoms with Gasteiger partial charge in [0.15, 0.2) is 0 Å². The molecular formula is C21H24N4. The second-order valence-corrected chi connectivity index (χ2v) is 6.22. The molecule has 0 aliphatic rings. The fraction of sp³-hybridized carbons (Fsp3) is 0.238. The number of nitrogens with one attached hydrogen (secondary N) is 2. The minimum atomic E-state index is 0.669. The minimum Gasteiger partial charge on any atom is -0.366 e. The molecule has 3 rings (SSSR count). The third-order valence-electron chi connectivity index (χ3n) is 3.99. The zero-order chi connectivity index (χ0) is 17.5. The van der Waals surface area contributed by atoms with Gasteiger partial charge in [0.1, 0.15) is 5.82 Å². The van der Waals surface area contributed by atoms with Crippen LogP contribution in [0.1, 0.15) is 22.4 Å². The second kappa shape index (κ2) is 8.29. The molecule has 0 aliphatic heterocycles. The first kappa shape index (κ1) is 17.0. The lowest BCUT2D eigenvalue weighted by molar-refractivity contribution is 0.969. The van der Waals surface area contributed by atoms with Crippen LogP contribution in [0.15, 0.2) is 60.7 Å². The number of hydrogen-bond acceptors (Lipinski definition) is 4. The van der Waals surface area contributed by atoms with Crippen LogP contribution in [-0.4, -0.2) is 16.5 Å². The van der Waals surface area contributed by atoms with Crippen LogP contribution < -0.4 is 10.6 Å². The highest BCUT2D eigenvalue weighted by atomic mass is 15.1. The average molecular weight is 332 g/mol. The van der Waals surface area contributed by atoms with Crippen molar-refractivity contribution in [1.82, 2.24) is 9.97 Å². The first-order valence-electron chi connectivity index (χ1n) is 8.62. The van der Waals surface area contributed by atoms with Gasteiger partial charge in [-0.3, -0.25) is 0 Å². The molecule has 1 aromatic heterocycles. The van der Waals surface area contributed by atoms with Crippen molar-refractivity contribution in [2.24, 2.45) is 0 Å². The molecular weight excluding hydrogens is 308 g/mol. The van der Waals surface area contributed by atoms with Crippen molar-refractivity contribution in [3.05, 3.63) is 83.0 Å². The van der Waals surface area contributed by atoms with E-state index in [1.165, 1.54) is 16.7 Å². The fourth-order valence-corrected chi connectivity index (χ4v) is 2.60. The smallest absolute Gasteiger partial charge is 0.224 e. The summed E-state index contributed by atoms with van der Waals surface area (Å²) in [6.07, 6.45) is 0.949. The van der Waals surface area contributed by atoms with E-state index in [1.807, 2.05) is 19.1 Å². The summed E-state index contributed by atoms with van der Waals surface area (Å²) in [5.41, 5.74) is 4.76. The number of rotatable bonds is 7. The highest BCUT2D eigenvalue weighted by molar-refractivity contribution is 5.43. The van der Waals surface area contributed by atoms with Gasteiger partial charge in [0, 0.05) is 24.8 Å². The van der Waals surface area contributed by atoms with Crippen LogP contribution in [0.4, 0.5) is 11.8 Å². The number of aryl methyl sites for hydroxylation is 2. The van der Waals surface area contributed by atoms with E-state index in [-0.39, 0.29) is 0 Å². The monoisotopic (exact) mass is 332 g/mol. The number of benzene rings is 2. The Labute approximate surface area is 149 Å². The number of aromatic nitrogens is 2. The molecule has 2 N–H and O–H groups in total. The first-order valence-corrected chi connectivity index (χ1v) is 8.62. The van der Waals surface area contributed by atoms with Crippen molar-refractivity contribution in [1.29, 1.82) is 0 Å². The molecule has 0 unspecified atom stereocenters. The topological polar surface area (TPSA) is 49.8 Å². The molecule has 2 aromatic carbocycles. The van der Waals surface area contributed by atoms with Crippen LogP contribution in [-0.2, 0) is 13.0 Å². The highest BCUT2D eigenvalue weighted by Gasteiger charge is 2.02. The van der Waals surface area contributed by atoms with E-state index in [1.54, 1.807) is 0 Å². The molecule has 0 saturated heterocycles. The molecule has 0 fully saturated rings. The molecule has 0 radical (unpaired) electrons. The van der Waals surface area contributed by atoms with Crippen molar-refractivity contribution in [3.8, 4) is 0 Å². The Morgan fingerprint density at radius 1 is 0.800 bits per heavy atom. The summed E-state index contributed by atoms with van der Waals surface area (Å²) in [5.74, 6) is 1.51. The molecule has 3 aromatic rings. The second-order valence-electron chi connectivity index (χ2n) is 6.22. The summed E-state index contributed by atoms with van der Waals surface area (Å²) in [5, 5.41) is 6.70. The third-order valence-corrected chi connectivity index (χ3v) is 3.99. The summed E-state index contributed by atoms with van der Waals surface area (Å²) in [6, 6.07) is 20.9. The fourth-order valence-electron chi connectivity index (χ4n) is 2.60. The van der Waals surface area contributed by atoms with Crippen LogP contribution in [0.2, 0.25) is 0 Å². The Morgan fingerprint density at radius 3 is 2.32 bits per heavy atom. The van der Waals surface area contributed by atoms with Gasteiger partial charge in [-0.05, 0) is 31.4 Å². The van der Waals surface area contributed by atoms with Crippen molar-refractivity contribution < 1.29 is 0 Å². The lowest BCUT2D eigenvalue weighted by Gasteiger charge is -2.10. The van der Waals surface area contributed by atoms with E-state index in [4.69, 9.17) is 0 Å². The van der Waals surface area contributed by atoms with E-state index in [2.05, 4.69) is 76.1 Å². The van der Waals surface area contributed by atoms with Crippen molar-refractivity contribution in [2.75, 3.05) is 17.2 Å². The molecule has 0 bridgehead atoms. The molecule has 25 heavy (non-hydrogen) atoms. The van der Waals surface area contributed by atoms with Crippen LogP contribution in [0, 0.1) is 13.8 Å². The van der Waals surface area contributed by atoms with Gasteiger partial charge < -0.3 is 10.6 Å². The summed E-state index contributed by atoms with van der Waals surface area (Å²) >= 11 is 0. The average Bonchev–Trinajstić information content (AvgIpc) is 2.62. The van der Waals surface area contributed by atoms with Gasteiger partial charge in [-0.2, -0.15) is 4.98 Å². The standard InChI is InChI=1S/C21H24N4/c1-16-8-10-19(11-9-16)15-23-20-14-17(2)24-21(25-20)22-13-12-18-6-4-3-5-7-18/h3-11,14H,12-13,15H2,1-2H3,(H2,22,23,24,25). The van der Waals surface area contributed by atoms with Crippen molar-refractivity contribution >= 4 is 11.8 Å². The molecule has 0 spiro atoms. The molecule has 0 saturated carbocycles. The van der Waals surface area contributed by atoms with Gasteiger partial charge >= 0.3 is 0 Å². The van der Waals surface area contributed by atoms with Crippen LogP contribution in [0.3, 0.4) is 0 Å². The quantitative estimate of drug-likeness (QED) is 0.675. The maximum atomic E-state index is 4.56. The SMILES string of the molecule is Cc1ccc(CNc2cc(C)nc(NCCc3ccccc3)n2)cc1. The van der Waals surface area contributed by atoms with Gasteiger partial charge in [-0.1, -0.05) is 60.2 Å². The maximum Gasteiger partial charge on any atom is 0.224 e. The largest absolute Gasteiger partial charge is 0.366 e. The highest BCUT2D eigenvalue weighted by Crippen LogP contribution is 2.12. The number of nitrogens with zero attached hydrogens (tertiary/aromatic N) is 2. The summed E-state index contributed by atoms with van der Waals surface area (Å²) in [4.78, 5) is 9.03. The lowest BCUT2D eigenvalue weighted by Crippen LogP contribution is -2.10. The van der Waals surface area contributed by atoms with E-state index >= 15 is 0 Å². The van der Waals surface area contributed by atoms with Crippen molar-refractivity contribution in [2.45, 2.75) is 26.8 Å². The summed E-state index contributed by atoms with van der Waals surface area (Å²) in [6.45, 7) is 5.64. The van der Waals surface area contributed by atoms with Crippen LogP contribution in [0.25, 0.3) is 0 Å². The molecule has 128 valence electrons. The normalized spacial score (nSPS) is 10.5. The van der Waals surface area contributed by atoms with E-state index < -0.39 is 0 Å². The molecule has 1 heterocycles. The van der Waals surface area contributed by atoms with Gasteiger partial charge in [0.05, 0.1) is 0 Å². The first-order chi connectivity index (χ1) is 12.2. The van der Waals surface area contributed by atoms with Crippen molar-refractivity contribution in [3.63, 3.8) is 0 Å². The number of hydrogen-bond donors (Lipinski definition) is 2. The zero-order valence-corrected chi connectivity index (χ0v) is 14.8. The van der Waals surface area contributed by atoms with E-state index in [9.17, 15) is 0 Å². The van der Waals surface area contributed by atoms with Crippen LogP contribution >= 0.6 is 0 Å². The van der Waals surface area contributed by atoms with Crippen LogP contribution in [0.5, 0.6) is 0 Å². The molecule has 4 heteroatoms. The third kappa shape index (κ3) is 5.31. The summed E-state index contributed by atoms with van der Waals surface area (Å²) in [7, 11) is 0. The Morgan fingerprint density at radius 2 is 1.56 bits per heavy atom. The zero-order valence-electron chi connectivity index (χ0n) is 14.8.